The van der Waals surface area contributed by atoms with E-state index in [1.54, 1.807) is 12.1 Å². The second kappa shape index (κ2) is 4.74. The highest BCUT2D eigenvalue weighted by atomic mass is 19.1. The van der Waals surface area contributed by atoms with Crippen LogP contribution in [0.15, 0.2) is 53.7 Å². The molecule has 0 heterocycles. The molecule has 4 heteroatoms. The van der Waals surface area contributed by atoms with Crippen molar-refractivity contribution in [2.45, 2.75) is 0 Å². The average molecular weight is 233 g/mol. The van der Waals surface area contributed by atoms with E-state index in [0.29, 0.717) is 11.1 Å². The van der Waals surface area contributed by atoms with E-state index in [9.17, 15) is 8.78 Å². The summed E-state index contributed by atoms with van der Waals surface area (Å²) in [6, 6.07) is 11.2. The summed E-state index contributed by atoms with van der Waals surface area (Å²) in [5, 5.41) is 12.1. The summed E-state index contributed by atoms with van der Waals surface area (Å²) < 4.78 is 26.1. The third-order valence-corrected chi connectivity index (χ3v) is 2.30. The molecule has 2 rings (SSSR count). The number of nitrogens with zero attached hydrogens (tertiary/aromatic N) is 1. The van der Waals surface area contributed by atoms with E-state index in [-0.39, 0.29) is 5.71 Å². The maximum Gasteiger partial charge on any atom is 0.123 e. The molecule has 0 unspecified atom stereocenters. The van der Waals surface area contributed by atoms with Crippen LogP contribution in [-0.4, -0.2) is 10.9 Å². The van der Waals surface area contributed by atoms with Gasteiger partial charge in [0.15, 0.2) is 0 Å². The van der Waals surface area contributed by atoms with Gasteiger partial charge >= 0.3 is 0 Å². The fourth-order valence-corrected chi connectivity index (χ4v) is 1.55. The first-order chi connectivity index (χ1) is 8.20. The second-order valence-corrected chi connectivity index (χ2v) is 3.47. The standard InChI is InChI=1S/C13H9F2NO/c14-11-5-1-3-9(7-11)13(16-17)10-4-2-6-12(15)8-10/h1-8,17H. The third-order valence-electron chi connectivity index (χ3n) is 2.30. The van der Waals surface area contributed by atoms with Gasteiger partial charge in [-0.2, -0.15) is 0 Å². The van der Waals surface area contributed by atoms with Crippen LogP contribution < -0.4 is 0 Å². The van der Waals surface area contributed by atoms with Crippen LogP contribution in [-0.2, 0) is 0 Å². The van der Waals surface area contributed by atoms with Crippen molar-refractivity contribution >= 4 is 5.71 Å². The van der Waals surface area contributed by atoms with Crippen LogP contribution in [0.3, 0.4) is 0 Å². The molecule has 0 amide bonds. The Morgan fingerprint density at radius 2 is 1.35 bits per heavy atom. The minimum atomic E-state index is -0.444. The van der Waals surface area contributed by atoms with Crippen molar-refractivity contribution in [1.29, 1.82) is 0 Å². The number of halogens is 2. The topological polar surface area (TPSA) is 32.6 Å². The van der Waals surface area contributed by atoms with Crippen LogP contribution >= 0.6 is 0 Å². The van der Waals surface area contributed by atoms with Gasteiger partial charge in [0, 0.05) is 11.1 Å². The van der Waals surface area contributed by atoms with E-state index in [2.05, 4.69) is 5.16 Å². The lowest BCUT2D eigenvalue weighted by molar-refractivity contribution is 0.319. The average Bonchev–Trinajstić information content (AvgIpc) is 2.30. The first kappa shape index (κ1) is 11.3. The summed E-state index contributed by atoms with van der Waals surface area (Å²) in [4.78, 5) is 0. The maximum atomic E-state index is 13.0. The highest BCUT2D eigenvalue weighted by Crippen LogP contribution is 2.13. The van der Waals surface area contributed by atoms with Gasteiger partial charge in [-0.25, -0.2) is 8.78 Å². The number of hydrogen-bond donors (Lipinski definition) is 1. The van der Waals surface area contributed by atoms with Crippen LogP contribution in [0.1, 0.15) is 11.1 Å². The molecule has 0 fully saturated rings. The van der Waals surface area contributed by atoms with E-state index in [0.717, 1.165) is 0 Å². The Balaban J connectivity index is 2.48. The summed E-state index contributed by atoms with van der Waals surface area (Å²) >= 11 is 0. The lowest BCUT2D eigenvalue weighted by Gasteiger charge is -2.05. The number of oxime groups is 1. The lowest BCUT2D eigenvalue weighted by atomic mass is 10.0. The van der Waals surface area contributed by atoms with Crippen molar-refractivity contribution in [3.05, 3.63) is 71.3 Å². The van der Waals surface area contributed by atoms with Gasteiger partial charge < -0.3 is 5.21 Å². The zero-order valence-electron chi connectivity index (χ0n) is 8.77. The van der Waals surface area contributed by atoms with Gasteiger partial charge in [0.2, 0.25) is 0 Å². The SMILES string of the molecule is ON=C(c1cccc(F)c1)c1cccc(F)c1. The molecule has 2 aromatic carbocycles. The molecular weight excluding hydrogens is 224 g/mol. The molecule has 86 valence electrons. The molecule has 17 heavy (non-hydrogen) atoms. The molecule has 0 atom stereocenters. The largest absolute Gasteiger partial charge is 0.410 e. The second-order valence-electron chi connectivity index (χ2n) is 3.47. The first-order valence-corrected chi connectivity index (χ1v) is 4.94. The quantitative estimate of drug-likeness (QED) is 0.482. The van der Waals surface area contributed by atoms with Crippen molar-refractivity contribution in [2.24, 2.45) is 5.16 Å². The van der Waals surface area contributed by atoms with Crippen molar-refractivity contribution in [3.63, 3.8) is 0 Å². The first-order valence-electron chi connectivity index (χ1n) is 4.94. The fraction of sp³-hybridized carbons (Fsp3) is 0. The molecule has 0 aliphatic carbocycles. The normalized spacial score (nSPS) is 10.0. The molecule has 2 aromatic rings. The number of benzene rings is 2. The molecule has 0 aliphatic rings. The maximum absolute atomic E-state index is 13.0. The Bertz CT molecular complexity index is 519. The highest BCUT2D eigenvalue weighted by Gasteiger charge is 2.09. The summed E-state index contributed by atoms with van der Waals surface area (Å²) in [5.41, 5.74) is 0.903. The number of hydrogen-bond acceptors (Lipinski definition) is 2. The Labute approximate surface area is 96.8 Å². The van der Waals surface area contributed by atoms with Gasteiger partial charge in [0.1, 0.15) is 17.3 Å². The molecule has 0 aromatic heterocycles. The molecule has 2 nitrogen and oxygen atoms in total. The van der Waals surface area contributed by atoms with E-state index in [1.807, 2.05) is 0 Å². The zero-order chi connectivity index (χ0) is 12.3. The molecule has 0 saturated heterocycles. The van der Waals surface area contributed by atoms with E-state index in [1.165, 1.54) is 36.4 Å². The van der Waals surface area contributed by atoms with Crippen LogP contribution in [0.4, 0.5) is 8.78 Å². The Hall–Kier alpha value is -2.23. The monoisotopic (exact) mass is 233 g/mol. The predicted octanol–water partition coefficient (Wildman–Crippen LogP) is 3.19. The summed E-state index contributed by atoms with van der Waals surface area (Å²) in [6.45, 7) is 0. The summed E-state index contributed by atoms with van der Waals surface area (Å²) in [6.07, 6.45) is 0. The summed E-state index contributed by atoms with van der Waals surface area (Å²) in [7, 11) is 0. The van der Waals surface area contributed by atoms with Crippen LogP contribution in [0.25, 0.3) is 0 Å². The van der Waals surface area contributed by atoms with Gasteiger partial charge in [-0.1, -0.05) is 29.4 Å². The molecular formula is C13H9F2NO. The van der Waals surface area contributed by atoms with E-state index in [4.69, 9.17) is 5.21 Å². The van der Waals surface area contributed by atoms with Crippen molar-refractivity contribution in [3.8, 4) is 0 Å². The molecule has 0 radical (unpaired) electrons. The zero-order valence-corrected chi connectivity index (χ0v) is 8.77. The smallest absolute Gasteiger partial charge is 0.123 e. The number of rotatable bonds is 2. The highest BCUT2D eigenvalue weighted by molar-refractivity contribution is 6.12. The minimum Gasteiger partial charge on any atom is -0.410 e. The Morgan fingerprint density at radius 3 is 1.71 bits per heavy atom. The fourth-order valence-electron chi connectivity index (χ4n) is 1.55. The minimum absolute atomic E-state index is 0.129. The summed E-state index contributed by atoms with van der Waals surface area (Å²) in [5.74, 6) is -0.889. The molecule has 1 N–H and O–H groups in total. The van der Waals surface area contributed by atoms with Crippen LogP contribution in [0, 0.1) is 11.6 Å². The molecule has 0 bridgehead atoms. The Morgan fingerprint density at radius 1 is 0.882 bits per heavy atom. The van der Waals surface area contributed by atoms with Crippen LogP contribution in [0.2, 0.25) is 0 Å². The van der Waals surface area contributed by atoms with E-state index >= 15 is 0 Å². The van der Waals surface area contributed by atoms with Crippen molar-refractivity contribution < 1.29 is 14.0 Å². The van der Waals surface area contributed by atoms with Gasteiger partial charge in [-0.15, -0.1) is 0 Å². The van der Waals surface area contributed by atoms with Crippen molar-refractivity contribution in [1.82, 2.24) is 0 Å². The molecule has 0 saturated carbocycles. The van der Waals surface area contributed by atoms with Gasteiger partial charge in [0.25, 0.3) is 0 Å². The predicted molar refractivity (Wildman–Crippen MR) is 60.2 cm³/mol. The Kier molecular flexibility index (Phi) is 3.14. The van der Waals surface area contributed by atoms with Gasteiger partial charge in [-0.05, 0) is 24.3 Å². The lowest BCUT2D eigenvalue weighted by Crippen LogP contribution is -2.04. The molecule has 0 spiro atoms. The van der Waals surface area contributed by atoms with E-state index < -0.39 is 11.6 Å². The molecule has 0 aliphatic heterocycles. The van der Waals surface area contributed by atoms with Crippen molar-refractivity contribution in [2.75, 3.05) is 0 Å². The van der Waals surface area contributed by atoms with Crippen LogP contribution in [0.5, 0.6) is 0 Å². The van der Waals surface area contributed by atoms with Gasteiger partial charge in [-0.3, -0.25) is 0 Å². The third kappa shape index (κ3) is 2.47. The van der Waals surface area contributed by atoms with Gasteiger partial charge in [0.05, 0.1) is 0 Å².